The van der Waals surface area contributed by atoms with Crippen LogP contribution in [0.4, 0.5) is 0 Å². The standard InChI is InChI=1S/C17H29N3O2S.HI/c1-4-6-7-12-19-17(18-5-2)20-13-15-8-10-16(11-9-15)14-23(3,21)22;/h8-11H,4-7,12-14H2,1-3H3,(H2,18,19,20);1H. The number of unbranched alkanes of at least 4 members (excludes halogenated alkanes) is 2. The molecule has 138 valence electrons. The van der Waals surface area contributed by atoms with Gasteiger partial charge in [-0.2, -0.15) is 0 Å². The molecular weight excluding hydrogens is 437 g/mol. The molecule has 0 saturated carbocycles. The largest absolute Gasteiger partial charge is 0.357 e. The number of sulfone groups is 1. The zero-order valence-electron chi connectivity index (χ0n) is 14.8. The Morgan fingerprint density at radius 3 is 2.21 bits per heavy atom. The predicted octanol–water partition coefficient (Wildman–Crippen LogP) is 3.09. The molecule has 1 aromatic rings. The van der Waals surface area contributed by atoms with Gasteiger partial charge >= 0.3 is 0 Å². The third-order valence-corrected chi connectivity index (χ3v) is 4.15. The predicted molar refractivity (Wildman–Crippen MR) is 113 cm³/mol. The van der Waals surface area contributed by atoms with Crippen LogP contribution >= 0.6 is 24.0 Å². The first-order chi connectivity index (χ1) is 10.9. The van der Waals surface area contributed by atoms with Gasteiger partial charge in [0.1, 0.15) is 0 Å². The van der Waals surface area contributed by atoms with Gasteiger partial charge in [0.15, 0.2) is 15.8 Å². The molecule has 0 unspecified atom stereocenters. The SMILES string of the molecule is CCCCCNC(=NCc1ccc(CS(C)(=O)=O)cc1)NCC.I. The Morgan fingerprint density at radius 2 is 1.67 bits per heavy atom. The number of guanidine groups is 1. The van der Waals surface area contributed by atoms with Crippen molar-refractivity contribution in [3.63, 3.8) is 0 Å². The summed E-state index contributed by atoms with van der Waals surface area (Å²) in [5.41, 5.74) is 1.87. The molecule has 0 aliphatic rings. The molecule has 2 N–H and O–H groups in total. The number of hydrogen-bond acceptors (Lipinski definition) is 3. The van der Waals surface area contributed by atoms with Crippen LogP contribution < -0.4 is 10.6 Å². The molecule has 0 heterocycles. The monoisotopic (exact) mass is 467 g/mol. The second-order valence-electron chi connectivity index (χ2n) is 5.72. The Labute approximate surface area is 163 Å². The average Bonchev–Trinajstić information content (AvgIpc) is 2.49. The van der Waals surface area contributed by atoms with Crippen molar-refractivity contribution in [2.24, 2.45) is 4.99 Å². The third-order valence-electron chi connectivity index (χ3n) is 3.29. The fourth-order valence-electron chi connectivity index (χ4n) is 2.14. The molecule has 5 nitrogen and oxygen atoms in total. The van der Waals surface area contributed by atoms with Crippen molar-refractivity contribution in [2.75, 3.05) is 19.3 Å². The lowest BCUT2D eigenvalue weighted by molar-refractivity contribution is 0.601. The molecule has 0 radical (unpaired) electrons. The molecule has 7 heteroatoms. The van der Waals surface area contributed by atoms with Crippen molar-refractivity contribution < 1.29 is 8.42 Å². The third kappa shape index (κ3) is 10.9. The number of nitrogens with zero attached hydrogens (tertiary/aromatic N) is 1. The Balaban J connectivity index is 0.00000529. The minimum absolute atomic E-state index is 0. The van der Waals surface area contributed by atoms with Crippen molar-refractivity contribution in [1.29, 1.82) is 0 Å². The van der Waals surface area contributed by atoms with E-state index in [1.165, 1.54) is 19.1 Å². The summed E-state index contributed by atoms with van der Waals surface area (Å²) in [4.78, 5) is 4.56. The van der Waals surface area contributed by atoms with E-state index in [9.17, 15) is 8.42 Å². The van der Waals surface area contributed by atoms with E-state index in [0.29, 0.717) is 6.54 Å². The molecule has 0 aliphatic carbocycles. The molecule has 0 fully saturated rings. The summed E-state index contributed by atoms with van der Waals surface area (Å²) in [6, 6.07) is 7.58. The fourth-order valence-corrected chi connectivity index (χ4v) is 2.94. The van der Waals surface area contributed by atoms with Crippen molar-refractivity contribution in [3.05, 3.63) is 35.4 Å². The van der Waals surface area contributed by atoms with Crippen LogP contribution in [0.1, 0.15) is 44.2 Å². The van der Waals surface area contributed by atoms with E-state index in [2.05, 4.69) is 22.5 Å². The smallest absolute Gasteiger partial charge is 0.191 e. The summed E-state index contributed by atoms with van der Waals surface area (Å²) < 4.78 is 22.6. The molecule has 1 rings (SSSR count). The second kappa shape index (κ2) is 12.5. The van der Waals surface area contributed by atoms with E-state index in [1.807, 2.05) is 31.2 Å². The Morgan fingerprint density at radius 1 is 1.04 bits per heavy atom. The van der Waals surface area contributed by atoms with Gasteiger partial charge in [0, 0.05) is 19.3 Å². The average molecular weight is 467 g/mol. The van der Waals surface area contributed by atoms with Crippen LogP contribution in [-0.2, 0) is 22.1 Å². The summed E-state index contributed by atoms with van der Waals surface area (Å²) in [5, 5.41) is 6.56. The van der Waals surface area contributed by atoms with E-state index in [0.717, 1.165) is 36.6 Å². The molecule has 0 aliphatic heterocycles. The van der Waals surface area contributed by atoms with Gasteiger partial charge < -0.3 is 10.6 Å². The molecule has 0 saturated heterocycles. The lowest BCUT2D eigenvalue weighted by Crippen LogP contribution is -2.37. The van der Waals surface area contributed by atoms with Gasteiger partial charge in [-0.3, -0.25) is 0 Å². The van der Waals surface area contributed by atoms with Crippen LogP contribution in [-0.4, -0.2) is 33.7 Å². The first kappa shape index (κ1) is 23.2. The maximum Gasteiger partial charge on any atom is 0.191 e. The molecular formula is C17H30IN3O2S. The van der Waals surface area contributed by atoms with Gasteiger partial charge in [-0.15, -0.1) is 24.0 Å². The highest BCUT2D eigenvalue weighted by Gasteiger charge is 2.04. The van der Waals surface area contributed by atoms with Crippen LogP contribution in [0.5, 0.6) is 0 Å². The van der Waals surface area contributed by atoms with E-state index in [4.69, 9.17) is 0 Å². The fraction of sp³-hybridized carbons (Fsp3) is 0.588. The van der Waals surface area contributed by atoms with Crippen LogP contribution in [0.15, 0.2) is 29.3 Å². The van der Waals surface area contributed by atoms with Gasteiger partial charge in [-0.25, -0.2) is 13.4 Å². The summed E-state index contributed by atoms with van der Waals surface area (Å²) in [7, 11) is -2.99. The minimum atomic E-state index is -2.99. The molecule has 24 heavy (non-hydrogen) atoms. The van der Waals surface area contributed by atoms with E-state index in [1.54, 1.807) is 0 Å². The quantitative estimate of drug-likeness (QED) is 0.254. The number of halogens is 1. The highest BCUT2D eigenvalue weighted by molar-refractivity contribution is 14.0. The van der Waals surface area contributed by atoms with E-state index < -0.39 is 9.84 Å². The topological polar surface area (TPSA) is 70.6 Å². The number of benzene rings is 1. The summed E-state index contributed by atoms with van der Waals surface area (Å²) in [6.45, 7) is 6.55. The first-order valence-corrected chi connectivity index (χ1v) is 10.3. The van der Waals surface area contributed by atoms with Crippen molar-refractivity contribution in [2.45, 2.75) is 45.4 Å². The van der Waals surface area contributed by atoms with Gasteiger partial charge in [0.2, 0.25) is 0 Å². The molecule has 0 spiro atoms. The highest BCUT2D eigenvalue weighted by atomic mass is 127. The van der Waals surface area contributed by atoms with Crippen molar-refractivity contribution in [1.82, 2.24) is 10.6 Å². The number of hydrogen-bond donors (Lipinski definition) is 2. The summed E-state index contributed by atoms with van der Waals surface area (Å²) in [6.07, 6.45) is 4.81. The van der Waals surface area contributed by atoms with E-state index in [-0.39, 0.29) is 29.7 Å². The lowest BCUT2D eigenvalue weighted by Gasteiger charge is -2.11. The van der Waals surface area contributed by atoms with Crippen LogP contribution in [0.25, 0.3) is 0 Å². The summed E-state index contributed by atoms with van der Waals surface area (Å²) >= 11 is 0. The number of aliphatic imine (C=N–C) groups is 1. The Bertz CT molecular complexity index is 586. The van der Waals surface area contributed by atoms with Crippen LogP contribution in [0, 0.1) is 0 Å². The Kier molecular flexibility index (Phi) is 12.1. The Hall–Kier alpha value is -0.830. The molecule has 0 aromatic heterocycles. The molecule has 0 bridgehead atoms. The van der Waals surface area contributed by atoms with Gasteiger partial charge in [0.05, 0.1) is 12.3 Å². The molecule has 1 aromatic carbocycles. The van der Waals surface area contributed by atoms with Gasteiger partial charge in [-0.05, 0) is 24.5 Å². The highest BCUT2D eigenvalue weighted by Crippen LogP contribution is 2.08. The van der Waals surface area contributed by atoms with Gasteiger partial charge in [-0.1, -0.05) is 44.0 Å². The van der Waals surface area contributed by atoms with Crippen molar-refractivity contribution in [3.8, 4) is 0 Å². The zero-order valence-corrected chi connectivity index (χ0v) is 18.0. The summed E-state index contributed by atoms with van der Waals surface area (Å²) in [5.74, 6) is 0.904. The van der Waals surface area contributed by atoms with E-state index >= 15 is 0 Å². The normalized spacial score (nSPS) is 11.7. The zero-order chi connectivity index (χ0) is 17.1. The number of nitrogens with one attached hydrogen (secondary N) is 2. The van der Waals surface area contributed by atoms with Crippen molar-refractivity contribution >= 4 is 39.8 Å². The molecule has 0 amide bonds. The van der Waals surface area contributed by atoms with Crippen LogP contribution in [0.2, 0.25) is 0 Å². The van der Waals surface area contributed by atoms with Crippen LogP contribution in [0.3, 0.4) is 0 Å². The lowest BCUT2D eigenvalue weighted by atomic mass is 10.1. The minimum Gasteiger partial charge on any atom is -0.357 e. The maximum absolute atomic E-state index is 11.3. The molecule has 0 atom stereocenters. The van der Waals surface area contributed by atoms with Gasteiger partial charge in [0.25, 0.3) is 0 Å². The first-order valence-electron chi connectivity index (χ1n) is 8.22. The number of rotatable bonds is 9. The maximum atomic E-state index is 11.3. The second-order valence-corrected chi connectivity index (χ2v) is 7.86.